The van der Waals surface area contributed by atoms with Crippen molar-refractivity contribution in [1.29, 1.82) is 0 Å². The van der Waals surface area contributed by atoms with Crippen molar-refractivity contribution < 1.29 is 29.1 Å². The van der Waals surface area contributed by atoms with Crippen molar-refractivity contribution in [3.63, 3.8) is 0 Å². The molecule has 0 spiro atoms. The number of likely N-dealkylation sites (tertiary alicyclic amines) is 1. The molecule has 10 heteroatoms. The summed E-state index contributed by atoms with van der Waals surface area (Å²) >= 11 is 0. The molecule has 2 atom stereocenters. The maximum atomic E-state index is 13.6. The fourth-order valence-electron chi connectivity index (χ4n) is 5.52. The first-order valence-electron chi connectivity index (χ1n) is 16.3. The highest BCUT2D eigenvalue weighted by atomic mass is 16.4. The van der Waals surface area contributed by atoms with E-state index in [1.807, 2.05) is 6.07 Å². The molecule has 0 aromatic heterocycles. The van der Waals surface area contributed by atoms with Gasteiger partial charge >= 0.3 is 5.97 Å². The molecule has 246 valence electrons. The third kappa shape index (κ3) is 11.9. The van der Waals surface area contributed by atoms with E-state index >= 15 is 0 Å². The largest absolute Gasteiger partial charge is 0.480 e. The van der Waals surface area contributed by atoms with Gasteiger partial charge < -0.3 is 26.0 Å². The average Bonchev–Trinajstić information content (AvgIpc) is 3.45. The van der Waals surface area contributed by atoms with E-state index in [2.05, 4.69) is 22.9 Å². The summed E-state index contributed by atoms with van der Waals surface area (Å²) in [5.74, 6) is -2.87. The quantitative estimate of drug-likeness (QED) is 0.169. The normalized spacial score (nSPS) is 15.8. The van der Waals surface area contributed by atoms with Gasteiger partial charge in [-0.25, -0.2) is 4.79 Å². The third-order valence-electron chi connectivity index (χ3n) is 8.20. The second-order valence-electron chi connectivity index (χ2n) is 13.1. The third-order valence-corrected chi connectivity index (χ3v) is 8.20. The summed E-state index contributed by atoms with van der Waals surface area (Å²) in [5.41, 5.74) is -1.84. The van der Waals surface area contributed by atoms with E-state index in [1.165, 1.54) is 43.4 Å². The summed E-state index contributed by atoms with van der Waals surface area (Å²) < 4.78 is 0. The molecule has 1 aromatic rings. The van der Waals surface area contributed by atoms with Gasteiger partial charge in [-0.15, -0.1) is 0 Å². The van der Waals surface area contributed by atoms with Crippen LogP contribution in [0.2, 0.25) is 0 Å². The molecular formula is C34H54N4O6. The molecule has 1 heterocycles. The molecule has 1 aliphatic rings. The molecule has 1 aromatic carbocycles. The van der Waals surface area contributed by atoms with E-state index in [-0.39, 0.29) is 12.3 Å². The summed E-state index contributed by atoms with van der Waals surface area (Å²) in [6.07, 6.45) is 11.7. The average molecular weight is 615 g/mol. The number of carbonyl (C=O) groups is 5. The van der Waals surface area contributed by atoms with Gasteiger partial charge in [-0.3, -0.25) is 19.2 Å². The highest BCUT2D eigenvalue weighted by Crippen LogP contribution is 2.23. The van der Waals surface area contributed by atoms with E-state index in [0.29, 0.717) is 25.8 Å². The topological polar surface area (TPSA) is 145 Å². The smallest absolute Gasteiger partial charge is 0.326 e. The number of aliphatic carboxylic acids is 1. The van der Waals surface area contributed by atoms with E-state index in [9.17, 15) is 29.1 Å². The lowest BCUT2D eigenvalue weighted by Gasteiger charge is -2.36. The predicted octanol–water partition coefficient (Wildman–Crippen LogP) is 4.50. The molecule has 1 saturated heterocycles. The zero-order chi connectivity index (χ0) is 32.8. The number of carboxylic acid groups (broad SMARTS) is 1. The van der Waals surface area contributed by atoms with Crippen molar-refractivity contribution in [1.82, 2.24) is 20.9 Å². The van der Waals surface area contributed by atoms with Gasteiger partial charge in [-0.1, -0.05) is 88.6 Å². The highest BCUT2D eigenvalue weighted by molar-refractivity contribution is 5.98. The van der Waals surface area contributed by atoms with E-state index in [1.54, 1.807) is 52.0 Å². The van der Waals surface area contributed by atoms with Crippen molar-refractivity contribution in [2.24, 2.45) is 0 Å². The Bertz CT molecular complexity index is 1100. The molecule has 44 heavy (non-hydrogen) atoms. The number of amides is 4. The number of unbranched alkanes of at least 4 members (excludes halogenated alkanes) is 8. The van der Waals surface area contributed by atoms with Crippen LogP contribution < -0.4 is 16.0 Å². The minimum Gasteiger partial charge on any atom is -0.480 e. The number of hydrogen-bond acceptors (Lipinski definition) is 5. The summed E-state index contributed by atoms with van der Waals surface area (Å²) in [5, 5.41) is 17.9. The van der Waals surface area contributed by atoms with E-state index < -0.39 is 46.9 Å². The Balaban J connectivity index is 1.88. The van der Waals surface area contributed by atoms with Crippen LogP contribution in [-0.4, -0.2) is 69.3 Å². The summed E-state index contributed by atoms with van der Waals surface area (Å²) in [6, 6.07) is 7.02. The number of hydrogen-bond donors (Lipinski definition) is 4. The zero-order valence-electron chi connectivity index (χ0n) is 27.4. The molecule has 0 bridgehead atoms. The van der Waals surface area contributed by atoms with Crippen LogP contribution in [0.4, 0.5) is 0 Å². The Kier molecular flexibility index (Phi) is 14.8. The standard InChI is InChI=1S/C34H54N4O6/c1-6-7-8-9-10-11-12-13-17-22-28(39)36-33(2,3)31(43)37-34(4,5)32(44)38-23-18-21-27(38)29(40)35-26(30(41)42)24-25-19-15-14-16-20-25/h14-16,19-20,26-27H,6-13,17-18,21-24H2,1-5H3,(H,35,40)(H,36,39)(H,37,43)(H,41,42)/t26-,27-/m0/s1. The predicted molar refractivity (Wildman–Crippen MR) is 171 cm³/mol. The number of nitrogens with one attached hydrogen (secondary N) is 3. The molecule has 1 aliphatic heterocycles. The summed E-state index contributed by atoms with van der Waals surface area (Å²) in [4.78, 5) is 65.9. The minimum atomic E-state index is -1.37. The molecule has 4 N–H and O–H groups in total. The second kappa shape index (κ2) is 17.8. The zero-order valence-corrected chi connectivity index (χ0v) is 27.4. The van der Waals surface area contributed by atoms with Crippen LogP contribution in [0.3, 0.4) is 0 Å². The lowest BCUT2D eigenvalue weighted by atomic mass is 9.97. The van der Waals surface area contributed by atoms with E-state index in [0.717, 1.165) is 24.8 Å². The summed E-state index contributed by atoms with van der Waals surface area (Å²) in [6.45, 7) is 8.85. The maximum Gasteiger partial charge on any atom is 0.326 e. The van der Waals surface area contributed by atoms with Gasteiger partial charge in [0.15, 0.2) is 0 Å². The Labute approximate surface area is 263 Å². The maximum absolute atomic E-state index is 13.6. The van der Waals surface area contributed by atoms with Crippen LogP contribution in [0.25, 0.3) is 0 Å². The molecular weight excluding hydrogens is 560 g/mol. The van der Waals surface area contributed by atoms with Gasteiger partial charge in [-0.05, 0) is 52.5 Å². The number of rotatable bonds is 19. The first-order chi connectivity index (χ1) is 20.8. The van der Waals surface area contributed by atoms with Gasteiger partial charge in [0.25, 0.3) is 0 Å². The number of benzene rings is 1. The first kappa shape index (κ1) is 36.8. The van der Waals surface area contributed by atoms with Gasteiger partial charge in [0.2, 0.25) is 23.6 Å². The molecule has 4 amide bonds. The van der Waals surface area contributed by atoms with Crippen LogP contribution in [0, 0.1) is 0 Å². The van der Waals surface area contributed by atoms with Crippen molar-refractivity contribution in [3.05, 3.63) is 35.9 Å². The molecule has 0 saturated carbocycles. The van der Waals surface area contributed by atoms with Crippen LogP contribution in [0.15, 0.2) is 30.3 Å². The monoisotopic (exact) mass is 614 g/mol. The lowest BCUT2D eigenvalue weighted by Crippen LogP contribution is -2.64. The van der Waals surface area contributed by atoms with Crippen LogP contribution in [0.1, 0.15) is 117 Å². The van der Waals surface area contributed by atoms with Gasteiger partial charge in [0.1, 0.15) is 23.2 Å². The fourth-order valence-corrected chi connectivity index (χ4v) is 5.52. The van der Waals surface area contributed by atoms with Crippen LogP contribution in [-0.2, 0) is 30.4 Å². The fraction of sp³-hybridized carbons (Fsp3) is 0.676. The number of nitrogens with zero attached hydrogens (tertiary/aromatic N) is 1. The Hall–Kier alpha value is -3.43. The molecule has 1 fully saturated rings. The van der Waals surface area contributed by atoms with Crippen LogP contribution in [0.5, 0.6) is 0 Å². The van der Waals surface area contributed by atoms with Gasteiger partial charge in [0.05, 0.1) is 0 Å². The Morgan fingerprint density at radius 1 is 0.864 bits per heavy atom. The molecule has 0 radical (unpaired) electrons. The highest BCUT2D eigenvalue weighted by Gasteiger charge is 2.44. The van der Waals surface area contributed by atoms with Crippen molar-refractivity contribution in [2.75, 3.05) is 6.54 Å². The van der Waals surface area contributed by atoms with Crippen LogP contribution >= 0.6 is 0 Å². The summed E-state index contributed by atoms with van der Waals surface area (Å²) in [7, 11) is 0. The number of carboxylic acids is 1. The van der Waals surface area contributed by atoms with Gasteiger partial charge in [0, 0.05) is 19.4 Å². The lowest BCUT2D eigenvalue weighted by molar-refractivity contribution is -0.147. The first-order valence-corrected chi connectivity index (χ1v) is 16.3. The number of carbonyl (C=O) groups excluding carboxylic acids is 4. The SMILES string of the molecule is CCCCCCCCCCCC(=O)NC(C)(C)C(=O)NC(C)(C)C(=O)N1CCC[C@H]1C(=O)N[C@@H](Cc1ccccc1)C(=O)O. The van der Waals surface area contributed by atoms with E-state index in [4.69, 9.17) is 0 Å². The van der Waals surface area contributed by atoms with Crippen molar-refractivity contribution in [3.8, 4) is 0 Å². The molecule has 10 nitrogen and oxygen atoms in total. The minimum absolute atomic E-state index is 0.115. The van der Waals surface area contributed by atoms with Crippen molar-refractivity contribution >= 4 is 29.6 Å². The Morgan fingerprint density at radius 3 is 2.05 bits per heavy atom. The molecule has 0 unspecified atom stereocenters. The Morgan fingerprint density at radius 2 is 1.45 bits per heavy atom. The second-order valence-corrected chi connectivity index (χ2v) is 13.1. The van der Waals surface area contributed by atoms with Crippen molar-refractivity contribution in [2.45, 2.75) is 141 Å². The molecule has 0 aliphatic carbocycles. The van der Waals surface area contributed by atoms with Gasteiger partial charge in [-0.2, -0.15) is 0 Å². The molecule has 2 rings (SSSR count).